The first kappa shape index (κ1) is 15.0. The fourth-order valence-corrected chi connectivity index (χ4v) is 2.08. The lowest BCUT2D eigenvalue weighted by atomic mass is 10.1. The fourth-order valence-electron chi connectivity index (χ4n) is 2.08. The quantitative estimate of drug-likeness (QED) is 0.940. The van der Waals surface area contributed by atoms with Gasteiger partial charge in [-0.2, -0.15) is 0 Å². The van der Waals surface area contributed by atoms with Crippen LogP contribution in [0.2, 0.25) is 0 Å². The predicted octanol–water partition coefficient (Wildman–Crippen LogP) is 2.66. The molecule has 4 nitrogen and oxygen atoms in total. The number of carbonyl (C=O) groups excluding carboxylic acids is 1. The maximum atomic E-state index is 12.9. The standard InChI is InChI=1S/C16H17FN2O2/c1-3-10-19(2)16(21)13-8-9-14(18-15(13)20)11-4-6-12(17)7-5-11/h4-9H,3,10H2,1-2H3,(H,18,20). The zero-order valence-corrected chi connectivity index (χ0v) is 12.0. The number of nitrogens with zero attached hydrogens (tertiary/aromatic N) is 1. The number of amides is 1. The molecule has 0 fully saturated rings. The third-order valence-corrected chi connectivity index (χ3v) is 3.20. The summed E-state index contributed by atoms with van der Waals surface area (Å²) in [5.74, 6) is -0.641. The molecular weight excluding hydrogens is 271 g/mol. The number of benzene rings is 1. The third kappa shape index (κ3) is 3.37. The van der Waals surface area contributed by atoms with Gasteiger partial charge in [-0.15, -0.1) is 0 Å². The van der Waals surface area contributed by atoms with Crippen LogP contribution >= 0.6 is 0 Å². The summed E-state index contributed by atoms with van der Waals surface area (Å²) in [6.45, 7) is 2.56. The van der Waals surface area contributed by atoms with E-state index in [1.54, 1.807) is 25.2 Å². The Kier molecular flexibility index (Phi) is 4.52. The molecule has 0 bridgehead atoms. The number of carbonyl (C=O) groups is 1. The second kappa shape index (κ2) is 6.35. The molecule has 110 valence electrons. The number of hydrogen-bond donors (Lipinski definition) is 1. The van der Waals surface area contributed by atoms with Gasteiger partial charge in [0, 0.05) is 19.3 Å². The van der Waals surface area contributed by atoms with E-state index in [-0.39, 0.29) is 17.3 Å². The first-order valence-electron chi connectivity index (χ1n) is 6.77. The van der Waals surface area contributed by atoms with E-state index in [1.165, 1.54) is 23.1 Å². The van der Waals surface area contributed by atoms with Crippen molar-refractivity contribution in [1.82, 2.24) is 9.88 Å². The third-order valence-electron chi connectivity index (χ3n) is 3.20. The van der Waals surface area contributed by atoms with Gasteiger partial charge in [-0.1, -0.05) is 6.92 Å². The van der Waals surface area contributed by atoms with Crippen molar-refractivity contribution in [3.63, 3.8) is 0 Å². The summed E-state index contributed by atoms with van der Waals surface area (Å²) in [5.41, 5.74) is 0.908. The van der Waals surface area contributed by atoms with Crippen LogP contribution in [0.15, 0.2) is 41.2 Å². The second-order valence-electron chi connectivity index (χ2n) is 4.85. The summed E-state index contributed by atoms with van der Waals surface area (Å²) in [5, 5.41) is 0. The van der Waals surface area contributed by atoms with Gasteiger partial charge < -0.3 is 9.88 Å². The fraction of sp³-hybridized carbons (Fsp3) is 0.250. The van der Waals surface area contributed by atoms with Gasteiger partial charge in [-0.25, -0.2) is 4.39 Å². The van der Waals surface area contributed by atoms with Gasteiger partial charge in [-0.3, -0.25) is 9.59 Å². The summed E-state index contributed by atoms with van der Waals surface area (Å²) in [6.07, 6.45) is 0.827. The summed E-state index contributed by atoms with van der Waals surface area (Å²) in [7, 11) is 1.67. The first-order valence-corrected chi connectivity index (χ1v) is 6.77. The van der Waals surface area contributed by atoms with Crippen molar-refractivity contribution in [3.05, 3.63) is 58.1 Å². The number of hydrogen-bond acceptors (Lipinski definition) is 2. The van der Waals surface area contributed by atoms with E-state index < -0.39 is 5.56 Å². The number of H-pyrrole nitrogens is 1. The molecule has 0 unspecified atom stereocenters. The maximum absolute atomic E-state index is 12.9. The van der Waals surface area contributed by atoms with Crippen molar-refractivity contribution < 1.29 is 9.18 Å². The van der Waals surface area contributed by atoms with E-state index >= 15 is 0 Å². The Bertz CT molecular complexity index is 692. The zero-order chi connectivity index (χ0) is 15.4. The number of aromatic nitrogens is 1. The Morgan fingerprint density at radius 1 is 1.19 bits per heavy atom. The highest BCUT2D eigenvalue weighted by molar-refractivity contribution is 5.93. The van der Waals surface area contributed by atoms with Crippen molar-refractivity contribution >= 4 is 5.91 Å². The van der Waals surface area contributed by atoms with Gasteiger partial charge in [0.25, 0.3) is 11.5 Å². The molecule has 1 aromatic heterocycles. The van der Waals surface area contributed by atoms with E-state index in [0.717, 1.165) is 6.42 Å². The molecule has 0 saturated carbocycles. The molecule has 1 heterocycles. The van der Waals surface area contributed by atoms with E-state index in [4.69, 9.17) is 0 Å². The Morgan fingerprint density at radius 2 is 1.86 bits per heavy atom. The summed E-state index contributed by atoms with van der Waals surface area (Å²) < 4.78 is 12.9. The Balaban J connectivity index is 2.31. The largest absolute Gasteiger partial charge is 0.342 e. The van der Waals surface area contributed by atoms with Crippen LogP contribution in [0.1, 0.15) is 23.7 Å². The van der Waals surface area contributed by atoms with Crippen LogP contribution < -0.4 is 5.56 Å². The Labute approximate surface area is 122 Å². The minimum absolute atomic E-state index is 0.108. The van der Waals surface area contributed by atoms with Crippen molar-refractivity contribution in [2.45, 2.75) is 13.3 Å². The van der Waals surface area contributed by atoms with Crippen LogP contribution in [0, 0.1) is 5.82 Å². The highest BCUT2D eigenvalue weighted by atomic mass is 19.1. The van der Waals surface area contributed by atoms with Crippen LogP contribution in [-0.2, 0) is 0 Å². The van der Waals surface area contributed by atoms with Crippen molar-refractivity contribution in [1.29, 1.82) is 0 Å². The molecule has 0 aliphatic carbocycles. The normalized spacial score (nSPS) is 10.4. The summed E-state index contributed by atoms with van der Waals surface area (Å²) in [4.78, 5) is 28.3. The molecule has 1 aromatic carbocycles. The lowest BCUT2D eigenvalue weighted by Gasteiger charge is -2.15. The van der Waals surface area contributed by atoms with Gasteiger partial charge in [0.1, 0.15) is 11.4 Å². The van der Waals surface area contributed by atoms with Gasteiger partial charge in [-0.05, 0) is 48.4 Å². The SMILES string of the molecule is CCCN(C)C(=O)c1ccc(-c2ccc(F)cc2)[nH]c1=O. The minimum atomic E-state index is -0.440. The minimum Gasteiger partial charge on any atom is -0.342 e. The number of rotatable bonds is 4. The van der Waals surface area contributed by atoms with E-state index in [2.05, 4.69) is 4.98 Å². The molecule has 0 aliphatic heterocycles. The smallest absolute Gasteiger partial charge is 0.261 e. The molecule has 0 spiro atoms. The highest BCUT2D eigenvalue weighted by Crippen LogP contribution is 2.16. The Morgan fingerprint density at radius 3 is 2.43 bits per heavy atom. The van der Waals surface area contributed by atoms with Crippen LogP contribution in [0.5, 0.6) is 0 Å². The van der Waals surface area contributed by atoms with Crippen LogP contribution in [0.3, 0.4) is 0 Å². The molecule has 21 heavy (non-hydrogen) atoms. The molecule has 2 rings (SSSR count). The maximum Gasteiger partial charge on any atom is 0.261 e. The topological polar surface area (TPSA) is 53.2 Å². The van der Waals surface area contributed by atoms with Gasteiger partial charge in [0.15, 0.2) is 0 Å². The number of pyridine rings is 1. The summed E-state index contributed by atoms with van der Waals surface area (Å²) in [6, 6.07) is 8.95. The predicted molar refractivity (Wildman–Crippen MR) is 79.7 cm³/mol. The van der Waals surface area contributed by atoms with Gasteiger partial charge in [0.05, 0.1) is 0 Å². The molecule has 0 radical (unpaired) electrons. The van der Waals surface area contributed by atoms with Crippen molar-refractivity contribution in [2.75, 3.05) is 13.6 Å². The lowest BCUT2D eigenvalue weighted by Crippen LogP contribution is -2.32. The molecule has 0 atom stereocenters. The number of halogens is 1. The van der Waals surface area contributed by atoms with Crippen LogP contribution in [0.25, 0.3) is 11.3 Å². The second-order valence-corrected chi connectivity index (χ2v) is 4.85. The molecule has 0 aliphatic rings. The Hall–Kier alpha value is -2.43. The van der Waals surface area contributed by atoms with Crippen LogP contribution in [0.4, 0.5) is 4.39 Å². The van der Waals surface area contributed by atoms with E-state index in [9.17, 15) is 14.0 Å². The van der Waals surface area contributed by atoms with Crippen molar-refractivity contribution in [3.8, 4) is 11.3 Å². The average Bonchev–Trinajstić information content (AvgIpc) is 2.47. The molecule has 1 N–H and O–H groups in total. The van der Waals surface area contributed by atoms with E-state index in [0.29, 0.717) is 17.8 Å². The number of aromatic amines is 1. The monoisotopic (exact) mass is 288 g/mol. The first-order chi connectivity index (χ1) is 10.0. The molecule has 0 saturated heterocycles. The van der Waals surface area contributed by atoms with Gasteiger partial charge >= 0.3 is 0 Å². The number of nitrogens with one attached hydrogen (secondary N) is 1. The van der Waals surface area contributed by atoms with E-state index in [1.807, 2.05) is 6.92 Å². The molecule has 5 heteroatoms. The van der Waals surface area contributed by atoms with Crippen LogP contribution in [-0.4, -0.2) is 29.4 Å². The average molecular weight is 288 g/mol. The lowest BCUT2D eigenvalue weighted by molar-refractivity contribution is 0.0793. The van der Waals surface area contributed by atoms with Crippen molar-refractivity contribution in [2.24, 2.45) is 0 Å². The summed E-state index contributed by atoms with van der Waals surface area (Å²) >= 11 is 0. The molecular formula is C16H17FN2O2. The molecule has 2 aromatic rings. The molecule has 1 amide bonds. The van der Waals surface area contributed by atoms with Gasteiger partial charge in [0.2, 0.25) is 0 Å². The zero-order valence-electron chi connectivity index (χ0n) is 12.0. The highest BCUT2D eigenvalue weighted by Gasteiger charge is 2.15.